The van der Waals surface area contributed by atoms with Crippen molar-refractivity contribution in [1.82, 2.24) is 9.78 Å². The highest BCUT2D eigenvalue weighted by molar-refractivity contribution is 6.06. The predicted molar refractivity (Wildman–Crippen MR) is 84.2 cm³/mol. The van der Waals surface area contributed by atoms with Gasteiger partial charge in [0.05, 0.1) is 11.3 Å². The summed E-state index contributed by atoms with van der Waals surface area (Å²) in [5.41, 5.74) is 8.96. The second-order valence-corrected chi connectivity index (χ2v) is 5.13. The molecule has 2 N–H and O–H groups in total. The van der Waals surface area contributed by atoms with E-state index in [1.807, 2.05) is 38.2 Å². The van der Waals surface area contributed by atoms with Crippen molar-refractivity contribution in [2.75, 3.05) is 11.4 Å². The summed E-state index contributed by atoms with van der Waals surface area (Å²) >= 11 is 0. The molecule has 0 saturated carbocycles. The number of carbonyl (C=O) groups excluding carboxylic acids is 1. The first-order chi connectivity index (χ1) is 10.1. The van der Waals surface area contributed by atoms with Gasteiger partial charge in [-0.15, -0.1) is 0 Å². The lowest BCUT2D eigenvalue weighted by Gasteiger charge is -2.22. The first kappa shape index (κ1) is 15.3. The smallest absolute Gasteiger partial charge is 0.261 e. The van der Waals surface area contributed by atoms with Crippen LogP contribution in [0.1, 0.15) is 35.0 Å². The number of hydrogen-bond acceptors (Lipinski definition) is 3. The van der Waals surface area contributed by atoms with Crippen molar-refractivity contribution in [3.05, 3.63) is 47.3 Å². The van der Waals surface area contributed by atoms with Crippen LogP contribution in [0.4, 0.5) is 5.69 Å². The maximum Gasteiger partial charge on any atom is 0.261 e. The van der Waals surface area contributed by atoms with Crippen LogP contribution >= 0.6 is 0 Å². The fourth-order valence-electron chi connectivity index (χ4n) is 2.34. The number of benzene rings is 1. The molecule has 0 saturated heterocycles. The first-order valence-corrected chi connectivity index (χ1v) is 7.18. The minimum atomic E-state index is -0.0112. The third kappa shape index (κ3) is 3.31. The van der Waals surface area contributed by atoms with Gasteiger partial charge in [0.15, 0.2) is 0 Å². The van der Waals surface area contributed by atoms with Gasteiger partial charge in [0.1, 0.15) is 0 Å². The second kappa shape index (κ2) is 6.54. The first-order valence-electron chi connectivity index (χ1n) is 7.18. The highest BCUT2D eigenvalue weighted by atomic mass is 16.2. The third-order valence-corrected chi connectivity index (χ3v) is 3.42. The van der Waals surface area contributed by atoms with Crippen LogP contribution in [0.15, 0.2) is 30.5 Å². The van der Waals surface area contributed by atoms with Gasteiger partial charge in [0.25, 0.3) is 5.91 Å². The largest absolute Gasteiger partial charge is 0.326 e. The lowest BCUT2D eigenvalue weighted by Crippen LogP contribution is -2.31. The highest BCUT2D eigenvalue weighted by Gasteiger charge is 2.20. The van der Waals surface area contributed by atoms with Crippen molar-refractivity contribution < 1.29 is 4.79 Å². The quantitative estimate of drug-likeness (QED) is 0.917. The van der Waals surface area contributed by atoms with Crippen LogP contribution in [0.3, 0.4) is 0 Å². The van der Waals surface area contributed by atoms with Crippen molar-refractivity contribution in [3.63, 3.8) is 0 Å². The SMILES string of the molecule is CCCN(C(=O)c1cn(C)nc1C)c1ccc(CN)cc1. The van der Waals surface area contributed by atoms with Crippen LogP contribution in [0.5, 0.6) is 0 Å². The maximum atomic E-state index is 12.8. The highest BCUT2D eigenvalue weighted by Crippen LogP contribution is 2.19. The Labute approximate surface area is 125 Å². The van der Waals surface area contributed by atoms with Gasteiger partial charge in [-0.2, -0.15) is 5.10 Å². The summed E-state index contributed by atoms with van der Waals surface area (Å²) in [4.78, 5) is 14.6. The molecule has 0 aliphatic heterocycles. The Bertz CT molecular complexity index is 616. The molecular weight excluding hydrogens is 264 g/mol. The van der Waals surface area contributed by atoms with E-state index in [2.05, 4.69) is 12.0 Å². The molecule has 0 aliphatic carbocycles. The molecule has 0 aliphatic rings. The van der Waals surface area contributed by atoms with E-state index in [1.54, 1.807) is 15.8 Å². The van der Waals surface area contributed by atoms with Crippen molar-refractivity contribution in [1.29, 1.82) is 0 Å². The molecule has 5 nitrogen and oxygen atoms in total. The second-order valence-electron chi connectivity index (χ2n) is 5.13. The van der Waals surface area contributed by atoms with Gasteiger partial charge < -0.3 is 10.6 Å². The Balaban J connectivity index is 2.33. The molecule has 1 heterocycles. The number of rotatable bonds is 5. The predicted octanol–water partition coefficient (Wildman–Crippen LogP) is 2.24. The number of nitrogens with zero attached hydrogens (tertiary/aromatic N) is 3. The van der Waals surface area contributed by atoms with Crippen LogP contribution in [0, 0.1) is 6.92 Å². The molecule has 112 valence electrons. The summed E-state index contributed by atoms with van der Waals surface area (Å²) in [6.07, 6.45) is 2.66. The average Bonchev–Trinajstić information content (AvgIpc) is 2.83. The number of anilines is 1. The van der Waals surface area contributed by atoms with Crippen LogP contribution in [0.25, 0.3) is 0 Å². The maximum absolute atomic E-state index is 12.8. The monoisotopic (exact) mass is 286 g/mol. The van der Waals surface area contributed by atoms with Crippen LogP contribution in [-0.4, -0.2) is 22.2 Å². The number of carbonyl (C=O) groups is 1. The van der Waals surface area contributed by atoms with Crippen LogP contribution in [0.2, 0.25) is 0 Å². The third-order valence-electron chi connectivity index (χ3n) is 3.42. The van der Waals surface area contributed by atoms with Gasteiger partial charge in [-0.1, -0.05) is 19.1 Å². The lowest BCUT2D eigenvalue weighted by atomic mass is 10.1. The molecule has 5 heteroatoms. The van der Waals surface area contributed by atoms with E-state index in [0.29, 0.717) is 18.7 Å². The molecular formula is C16H22N4O. The average molecular weight is 286 g/mol. The Kier molecular flexibility index (Phi) is 4.75. The summed E-state index contributed by atoms with van der Waals surface area (Å²) in [6, 6.07) is 7.81. The molecule has 2 rings (SSSR count). The van der Waals surface area contributed by atoms with E-state index in [1.165, 1.54) is 0 Å². The van der Waals surface area contributed by atoms with Crippen LogP contribution in [-0.2, 0) is 13.6 Å². The molecule has 0 fully saturated rings. The fourth-order valence-corrected chi connectivity index (χ4v) is 2.34. The van der Waals surface area contributed by atoms with E-state index in [-0.39, 0.29) is 5.91 Å². The minimum absolute atomic E-state index is 0.0112. The Morgan fingerprint density at radius 2 is 2.00 bits per heavy atom. The molecule has 1 aromatic heterocycles. The van der Waals surface area contributed by atoms with Crippen molar-refractivity contribution in [2.45, 2.75) is 26.8 Å². The lowest BCUT2D eigenvalue weighted by molar-refractivity contribution is 0.0986. The molecule has 0 radical (unpaired) electrons. The van der Waals surface area contributed by atoms with Crippen molar-refractivity contribution in [2.24, 2.45) is 12.8 Å². The Morgan fingerprint density at radius 3 is 2.48 bits per heavy atom. The van der Waals surface area contributed by atoms with E-state index in [4.69, 9.17) is 5.73 Å². The standard InChI is InChI=1S/C16H22N4O/c1-4-9-20(14-7-5-13(10-17)6-8-14)16(21)15-11-19(3)18-12(15)2/h5-8,11H,4,9-10,17H2,1-3H3. The number of amides is 1. The molecule has 0 atom stereocenters. The van der Waals surface area contributed by atoms with Gasteiger partial charge in [0.2, 0.25) is 0 Å². The molecule has 0 spiro atoms. The van der Waals surface area contributed by atoms with Crippen molar-refractivity contribution in [3.8, 4) is 0 Å². The number of aromatic nitrogens is 2. The fraction of sp³-hybridized carbons (Fsp3) is 0.375. The van der Waals surface area contributed by atoms with Crippen LogP contribution < -0.4 is 10.6 Å². The van der Waals surface area contributed by atoms with E-state index < -0.39 is 0 Å². The van der Waals surface area contributed by atoms with E-state index in [0.717, 1.165) is 23.4 Å². The molecule has 1 aromatic carbocycles. The van der Waals surface area contributed by atoms with Gasteiger partial charge >= 0.3 is 0 Å². The molecule has 1 amide bonds. The zero-order chi connectivity index (χ0) is 15.4. The Morgan fingerprint density at radius 1 is 1.33 bits per heavy atom. The summed E-state index contributed by atoms with van der Waals surface area (Å²) in [7, 11) is 1.82. The van der Waals surface area contributed by atoms with Crippen molar-refractivity contribution >= 4 is 11.6 Å². The summed E-state index contributed by atoms with van der Waals surface area (Å²) in [5.74, 6) is -0.0112. The number of hydrogen-bond donors (Lipinski definition) is 1. The topological polar surface area (TPSA) is 64.2 Å². The zero-order valence-electron chi connectivity index (χ0n) is 12.8. The zero-order valence-corrected chi connectivity index (χ0v) is 12.8. The number of nitrogens with two attached hydrogens (primary N) is 1. The molecule has 0 bridgehead atoms. The molecule has 0 unspecified atom stereocenters. The van der Waals surface area contributed by atoms with Gasteiger partial charge in [-0.25, -0.2) is 0 Å². The summed E-state index contributed by atoms with van der Waals surface area (Å²) < 4.78 is 1.67. The van der Waals surface area contributed by atoms with Gasteiger partial charge in [0, 0.05) is 32.0 Å². The number of aryl methyl sites for hydroxylation is 2. The normalized spacial score (nSPS) is 10.7. The Hall–Kier alpha value is -2.14. The van der Waals surface area contributed by atoms with E-state index >= 15 is 0 Å². The van der Waals surface area contributed by atoms with E-state index in [9.17, 15) is 4.79 Å². The summed E-state index contributed by atoms with van der Waals surface area (Å²) in [6.45, 7) is 5.10. The minimum Gasteiger partial charge on any atom is -0.326 e. The van der Waals surface area contributed by atoms with Gasteiger partial charge in [-0.05, 0) is 31.0 Å². The molecule has 21 heavy (non-hydrogen) atoms. The molecule has 2 aromatic rings. The summed E-state index contributed by atoms with van der Waals surface area (Å²) in [5, 5.41) is 4.25. The van der Waals surface area contributed by atoms with Gasteiger partial charge in [-0.3, -0.25) is 9.48 Å².